The Morgan fingerprint density at radius 1 is 1.22 bits per heavy atom. The maximum absolute atomic E-state index is 13.3. The van der Waals surface area contributed by atoms with Crippen molar-refractivity contribution in [3.8, 4) is 0 Å². The first-order chi connectivity index (χ1) is 8.47. The number of nitrogens with two attached hydrogens (primary N) is 1. The van der Waals surface area contributed by atoms with Crippen LogP contribution >= 0.6 is 0 Å². The molecule has 1 heterocycles. The van der Waals surface area contributed by atoms with Crippen molar-refractivity contribution in [1.29, 1.82) is 0 Å². The van der Waals surface area contributed by atoms with Gasteiger partial charge in [-0.2, -0.15) is 0 Å². The van der Waals surface area contributed by atoms with Gasteiger partial charge in [-0.3, -0.25) is 14.5 Å². The van der Waals surface area contributed by atoms with E-state index < -0.39 is 5.82 Å². The largest absolute Gasteiger partial charge is 0.326 e. The number of hydrogen-bond donors (Lipinski definition) is 1. The second-order valence-corrected chi connectivity index (χ2v) is 4.57. The van der Waals surface area contributed by atoms with Crippen LogP contribution in [0.4, 0.5) is 10.1 Å². The number of benzene rings is 1. The predicted octanol–water partition coefficient (Wildman–Crippen LogP) is 1.43. The van der Waals surface area contributed by atoms with E-state index in [1.807, 2.05) is 0 Å². The van der Waals surface area contributed by atoms with Crippen molar-refractivity contribution in [2.24, 2.45) is 17.6 Å². The van der Waals surface area contributed by atoms with Gasteiger partial charge in [-0.1, -0.05) is 13.8 Å². The van der Waals surface area contributed by atoms with Crippen LogP contribution in [0.15, 0.2) is 18.2 Å². The van der Waals surface area contributed by atoms with Crippen LogP contribution in [0.3, 0.4) is 0 Å². The van der Waals surface area contributed by atoms with Gasteiger partial charge < -0.3 is 5.73 Å². The Morgan fingerprint density at radius 3 is 2.28 bits per heavy atom. The Hall–Kier alpha value is -1.75. The third-order valence-electron chi connectivity index (χ3n) is 3.48. The number of carbonyl (C=O) groups is 2. The van der Waals surface area contributed by atoms with Gasteiger partial charge in [0, 0.05) is 23.9 Å². The molecule has 2 unspecified atom stereocenters. The van der Waals surface area contributed by atoms with Gasteiger partial charge in [0.05, 0.1) is 5.69 Å². The molecule has 0 aliphatic carbocycles. The van der Waals surface area contributed by atoms with Crippen LogP contribution in [0.1, 0.15) is 19.4 Å². The third kappa shape index (κ3) is 1.80. The van der Waals surface area contributed by atoms with E-state index >= 15 is 0 Å². The zero-order valence-electron chi connectivity index (χ0n) is 10.3. The first-order valence-corrected chi connectivity index (χ1v) is 5.83. The Morgan fingerprint density at radius 2 is 1.78 bits per heavy atom. The number of carbonyl (C=O) groups excluding carboxylic acids is 2. The second kappa shape index (κ2) is 4.49. The highest BCUT2D eigenvalue weighted by Crippen LogP contribution is 2.31. The summed E-state index contributed by atoms with van der Waals surface area (Å²) >= 11 is 0. The van der Waals surface area contributed by atoms with Crippen molar-refractivity contribution in [3.05, 3.63) is 29.6 Å². The molecule has 2 rings (SSSR count). The molecule has 0 bridgehead atoms. The van der Waals surface area contributed by atoms with E-state index in [4.69, 9.17) is 5.73 Å². The lowest BCUT2D eigenvalue weighted by molar-refractivity contribution is -0.122. The number of anilines is 1. The van der Waals surface area contributed by atoms with Crippen LogP contribution in [0.25, 0.3) is 0 Å². The van der Waals surface area contributed by atoms with E-state index in [1.54, 1.807) is 13.8 Å². The molecule has 1 aliphatic heterocycles. The molecule has 2 amide bonds. The standard InChI is InChI=1S/C13H15FN2O2/c1-7-8(2)13(18)16(12(7)17)10-3-4-11(14)9(5-10)6-15/h3-5,7-8H,6,15H2,1-2H3. The molecule has 0 saturated carbocycles. The average Bonchev–Trinajstić information content (AvgIpc) is 2.55. The van der Waals surface area contributed by atoms with Crippen molar-refractivity contribution < 1.29 is 14.0 Å². The second-order valence-electron chi connectivity index (χ2n) is 4.57. The van der Waals surface area contributed by atoms with Crippen LogP contribution < -0.4 is 10.6 Å². The van der Waals surface area contributed by atoms with E-state index in [1.165, 1.54) is 18.2 Å². The summed E-state index contributed by atoms with van der Waals surface area (Å²) in [5, 5.41) is 0. The Bertz CT molecular complexity index is 496. The van der Waals surface area contributed by atoms with Gasteiger partial charge in [0.1, 0.15) is 5.82 Å². The number of amides is 2. The third-order valence-corrected chi connectivity index (χ3v) is 3.48. The molecule has 0 radical (unpaired) electrons. The van der Waals surface area contributed by atoms with Gasteiger partial charge in [-0.15, -0.1) is 0 Å². The zero-order chi connectivity index (χ0) is 13.4. The molecule has 96 valence electrons. The quantitative estimate of drug-likeness (QED) is 0.808. The first-order valence-electron chi connectivity index (χ1n) is 5.83. The van der Waals surface area contributed by atoms with E-state index in [9.17, 15) is 14.0 Å². The fourth-order valence-corrected chi connectivity index (χ4v) is 2.05. The van der Waals surface area contributed by atoms with Gasteiger partial charge in [0.15, 0.2) is 0 Å². The molecule has 1 fully saturated rings. The van der Waals surface area contributed by atoms with Crippen molar-refractivity contribution >= 4 is 17.5 Å². The van der Waals surface area contributed by atoms with Crippen LogP contribution in [0.2, 0.25) is 0 Å². The lowest BCUT2D eigenvalue weighted by Gasteiger charge is -2.15. The molecule has 1 aromatic carbocycles. The Balaban J connectivity index is 2.43. The highest BCUT2D eigenvalue weighted by molar-refractivity contribution is 6.21. The minimum absolute atomic E-state index is 0.0288. The van der Waals surface area contributed by atoms with Crippen LogP contribution in [0, 0.1) is 17.7 Å². The van der Waals surface area contributed by atoms with Crippen LogP contribution in [0.5, 0.6) is 0 Å². The summed E-state index contributed by atoms with van der Waals surface area (Å²) in [7, 11) is 0. The number of halogens is 1. The Labute approximate surface area is 105 Å². The molecule has 1 saturated heterocycles. The minimum atomic E-state index is -0.429. The lowest BCUT2D eigenvalue weighted by Crippen LogP contribution is -2.30. The van der Waals surface area contributed by atoms with Gasteiger partial charge in [-0.25, -0.2) is 4.39 Å². The minimum Gasteiger partial charge on any atom is -0.326 e. The topological polar surface area (TPSA) is 63.4 Å². The molecule has 0 aromatic heterocycles. The molecule has 1 aliphatic rings. The molecule has 0 spiro atoms. The maximum Gasteiger partial charge on any atom is 0.237 e. The fraction of sp³-hybridized carbons (Fsp3) is 0.385. The summed E-state index contributed by atoms with van der Waals surface area (Å²) < 4.78 is 13.3. The van der Waals surface area contributed by atoms with Crippen molar-refractivity contribution in [2.75, 3.05) is 4.90 Å². The molecular weight excluding hydrogens is 235 g/mol. The lowest BCUT2D eigenvalue weighted by atomic mass is 10.00. The summed E-state index contributed by atoms with van der Waals surface area (Å²) in [4.78, 5) is 25.1. The van der Waals surface area contributed by atoms with E-state index in [0.29, 0.717) is 11.3 Å². The highest BCUT2D eigenvalue weighted by atomic mass is 19.1. The van der Waals surface area contributed by atoms with Crippen LogP contribution in [-0.2, 0) is 16.1 Å². The zero-order valence-corrected chi connectivity index (χ0v) is 10.3. The number of rotatable bonds is 2. The van der Waals surface area contributed by atoms with E-state index in [2.05, 4.69) is 0 Å². The number of nitrogens with zero attached hydrogens (tertiary/aromatic N) is 1. The van der Waals surface area contributed by atoms with E-state index in [-0.39, 0.29) is 30.2 Å². The number of hydrogen-bond acceptors (Lipinski definition) is 3. The highest BCUT2D eigenvalue weighted by Gasteiger charge is 2.43. The molecule has 1 aromatic rings. The summed E-state index contributed by atoms with van der Waals surface area (Å²) in [5.41, 5.74) is 6.10. The van der Waals surface area contributed by atoms with Crippen molar-refractivity contribution in [1.82, 2.24) is 0 Å². The average molecular weight is 250 g/mol. The molecule has 5 heteroatoms. The molecular formula is C13H15FN2O2. The van der Waals surface area contributed by atoms with Gasteiger partial charge in [-0.05, 0) is 18.2 Å². The van der Waals surface area contributed by atoms with Crippen LogP contribution in [-0.4, -0.2) is 11.8 Å². The monoisotopic (exact) mass is 250 g/mol. The molecule has 2 N–H and O–H groups in total. The van der Waals surface area contributed by atoms with Gasteiger partial charge >= 0.3 is 0 Å². The fourth-order valence-electron chi connectivity index (χ4n) is 2.05. The summed E-state index contributed by atoms with van der Waals surface area (Å²) in [5.74, 6) is -1.61. The molecule has 4 nitrogen and oxygen atoms in total. The van der Waals surface area contributed by atoms with Gasteiger partial charge in [0.25, 0.3) is 0 Å². The SMILES string of the molecule is CC1C(=O)N(c2ccc(F)c(CN)c2)C(=O)C1C. The molecule has 2 atom stereocenters. The van der Waals surface area contributed by atoms with E-state index in [0.717, 1.165) is 4.90 Å². The Kier molecular flexibility index (Phi) is 3.17. The summed E-state index contributed by atoms with van der Waals surface area (Å²) in [6.07, 6.45) is 0. The maximum atomic E-state index is 13.3. The normalized spacial score (nSPS) is 23.9. The summed E-state index contributed by atoms with van der Waals surface area (Å²) in [6, 6.07) is 4.11. The van der Waals surface area contributed by atoms with Crippen molar-refractivity contribution in [3.63, 3.8) is 0 Å². The molecule has 18 heavy (non-hydrogen) atoms. The van der Waals surface area contributed by atoms with Crippen molar-refractivity contribution in [2.45, 2.75) is 20.4 Å². The van der Waals surface area contributed by atoms with Gasteiger partial charge in [0.2, 0.25) is 11.8 Å². The predicted molar refractivity (Wildman–Crippen MR) is 65.1 cm³/mol. The number of imide groups is 1. The smallest absolute Gasteiger partial charge is 0.237 e. The first kappa shape index (κ1) is 12.7. The summed E-state index contributed by atoms with van der Waals surface area (Å²) in [6.45, 7) is 3.47.